The van der Waals surface area contributed by atoms with Crippen molar-refractivity contribution in [1.29, 1.82) is 0 Å². The molecule has 0 unspecified atom stereocenters. The summed E-state index contributed by atoms with van der Waals surface area (Å²) in [5, 5.41) is 5.32. The molecule has 2 N–H and O–H groups in total. The predicted octanol–water partition coefficient (Wildman–Crippen LogP) is 4.82. The second-order valence-corrected chi connectivity index (χ2v) is 11.1. The number of anilines is 3. The van der Waals surface area contributed by atoms with E-state index in [2.05, 4.69) is 25.5 Å². The standard InChI is InChI=1S/C31H45F3N6O5/c1-35-28-25(31(32,33)34)22-36-30(38-28)37-26-10-9-23(21-27(26)42-2)29(41)40-13-11-39(12-14-40)15-16-43-17-18-44-19-20-45-24-7-5-3-4-6-8-24/h9-10,21-22,24H,3-8,11-20H2,1-2H3,(H2,35,36,37,38). The predicted molar refractivity (Wildman–Crippen MR) is 164 cm³/mol. The molecular weight excluding hydrogens is 593 g/mol. The van der Waals surface area contributed by atoms with Gasteiger partial charge in [-0.05, 0) is 31.0 Å². The minimum Gasteiger partial charge on any atom is -0.495 e. The van der Waals surface area contributed by atoms with Gasteiger partial charge in [0, 0.05) is 51.5 Å². The maximum Gasteiger partial charge on any atom is 0.421 e. The first-order valence-electron chi connectivity index (χ1n) is 15.6. The Labute approximate surface area is 262 Å². The van der Waals surface area contributed by atoms with Crippen molar-refractivity contribution in [3.8, 4) is 5.75 Å². The van der Waals surface area contributed by atoms with Crippen molar-refractivity contribution >= 4 is 23.4 Å². The summed E-state index contributed by atoms with van der Waals surface area (Å²) in [5.41, 5.74) is -0.116. The van der Waals surface area contributed by atoms with Crippen molar-refractivity contribution in [2.45, 2.75) is 50.8 Å². The smallest absolute Gasteiger partial charge is 0.421 e. The van der Waals surface area contributed by atoms with Crippen LogP contribution in [0.2, 0.25) is 0 Å². The molecule has 0 radical (unpaired) electrons. The van der Waals surface area contributed by atoms with Crippen LogP contribution in [0.25, 0.3) is 0 Å². The number of aromatic nitrogens is 2. The minimum atomic E-state index is -4.59. The maximum atomic E-state index is 13.2. The number of benzene rings is 1. The van der Waals surface area contributed by atoms with Crippen molar-refractivity contribution in [3.63, 3.8) is 0 Å². The molecular formula is C31H45F3N6O5. The third-order valence-electron chi connectivity index (χ3n) is 7.99. The molecule has 1 aliphatic heterocycles. The highest BCUT2D eigenvalue weighted by atomic mass is 19.4. The van der Waals surface area contributed by atoms with E-state index in [4.69, 9.17) is 18.9 Å². The molecule has 0 atom stereocenters. The number of amides is 1. The highest BCUT2D eigenvalue weighted by Gasteiger charge is 2.35. The second kappa shape index (κ2) is 17.5. The number of hydrogen-bond acceptors (Lipinski definition) is 10. The molecule has 2 fully saturated rings. The zero-order chi connectivity index (χ0) is 32.1. The van der Waals surface area contributed by atoms with Crippen molar-refractivity contribution in [2.24, 2.45) is 0 Å². The fourth-order valence-corrected chi connectivity index (χ4v) is 5.44. The number of piperazine rings is 1. The average Bonchev–Trinajstić information content (AvgIpc) is 3.32. The lowest BCUT2D eigenvalue weighted by Crippen LogP contribution is -2.49. The van der Waals surface area contributed by atoms with E-state index >= 15 is 0 Å². The number of nitrogens with zero attached hydrogens (tertiary/aromatic N) is 4. The van der Waals surface area contributed by atoms with Crippen LogP contribution in [0, 0.1) is 0 Å². The molecule has 0 bridgehead atoms. The van der Waals surface area contributed by atoms with Gasteiger partial charge in [-0.3, -0.25) is 9.69 Å². The SMILES string of the molecule is CNc1nc(Nc2ccc(C(=O)N3CCN(CCOCCOCCOC4CCCCCC4)CC3)cc2OC)ncc1C(F)(F)F. The van der Waals surface area contributed by atoms with E-state index in [9.17, 15) is 18.0 Å². The van der Waals surface area contributed by atoms with Gasteiger partial charge in [0.15, 0.2) is 0 Å². The number of halogens is 3. The number of hydrogen-bond donors (Lipinski definition) is 2. The Kier molecular flexibility index (Phi) is 13.5. The first-order chi connectivity index (χ1) is 21.8. The van der Waals surface area contributed by atoms with Gasteiger partial charge < -0.3 is 34.5 Å². The molecule has 250 valence electrons. The summed E-state index contributed by atoms with van der Waals surface area (Å²) in [6.07, 6.45) is 4.00. The van der Waals surface area contributed by atoms with Gasteiger partial charge in [-0.25, -0.2) is 4.98 Å². The third kappa shape index (κ3) is 10.7. The van der Waals surface area contributed by atoms with Crippen LogP contribution in [-0.4, -0.2) is 112 Å². The average molecular weight is 639 g/mol. The fourth-order valence-electron chi connectivity index (χ4n) is 5.44. The van der Waals surface area contributed by atoms with Gasteiger partial charge in [0.2, 0.25) is 5.95 Å². The van der Waals surface area contributed by atoms with Gasteiger partial charge in [0.25, 0.3) is 5.91 Å². The third-order valence-corrected chi connectivity index (χ3v) is 7.99. The highest BCUT2D eigenvalue weighted by molar-refractivity contribution is 5.95. The van der Waals surface area contributed by atoms with Crippen LogP contribution < -0.4 is 15.4 Å². The van der Waals surface area contributed by atoms with E-state index in [-0.39, 0.29) is 17.7 Å². The van der Waals surface area contributed by atoms with Crippen LogP contribution in [0.15, 0.2) is 24.4 Å². The molecule has 1 aromatic heterocycles. The van der Waals surface area contributed by atoms with Crippen molar-refractivity contribution in [2.75, 3.05) is 90.5 Å². The van der Waals surface area contributed by atoms with Gasteiger partial charge in [0.1, 0.15) is 17.1 Å². The molecule has 1 aliphatic carbocycles. The second-order valence-electron chi connectivity index (χ2n) is 11.1. The van der Waals surface area contributed by atoms with Crippen LogP contribution in [0.4, 0.5) is 30.6 Å². The number of methoxy groups -OCH3 is 1. The molecule has 0 spiro atoms. The summed E-state index contributed by atoms with van der Waals surface area (Å²) >= 11 is 0. The highest BCUT2D eigenvalue weighted by Crippen LogP contribution is 2.35. The lowest BCUT2D eigenvalue weighted by atomic mass is 10.1. The molecule has 1 saturated heterocycles. The van der Waals surface area contributed by atoms with E-state index in [1.807, 2.05) is 0 Å². The van der Waals surface area contributed by atoms with E-state index in [1.54, 1.807) is 23.1 Å². The summed E-state index contributed by atoms with van der Waals surface area (Å²) in [6.45, 7) is 6.32. The molecule has 2 aromatic rings. The monoisotopic (exact) mass is 638 g/mol. The van der Waals surface area contributed by atoms with Gasteiger partial charge in [0.05, 0.1) is 51.9 Å². The number of rotatable bonds is 15. The lowest BCUT2D eigenvalue weighted by molar-refractivity contribution is -0.137. The maximum absolute atomic E-state index is 13.2. The molecule has 1 aromatic carbocycles. The number of nitrogens with one attached hydrogen (secondary N) is 2. The summed E-state index contributed by atoms with van der Waals surface area (Å²) in [7, 11) is 2.80. The van der Waals surface area contributed by atoms with Gasteiger partial charge in [-0.1, -0.05) is 25.7 Å². The van der Waals surface area contributed by atoms with Crippen molar-refractivity contribution < 1.29 is 36.9 Å². The van der Waals surface area contributed by atoms with Crippen molar-refractivity contribution in [3.05, 3.63) is 35.5 Å². The minimum absolute atomic E-state index is 0.0490. The first-order valence-corrected chi connectivity index (χ1v) is 15.6. The molecule has 1 amide bonds. The van der Waals surface area contributed by atoms with Gasteiger partial charge in [-0.2, -0.15) is 18.2 Å². The molecule has 11 nitrogen and oxygen atoms in total. The van der Waals surface area contributed by atoms with E-state index in [0.29, 0.717) is 75.4 Å². The first kappa shape index (κ1) is 34.7. The molecule has 2 aliphatic rings. The van der Waals surface area contributed by atoms with Crippen LogP contribution in [0.3, 0.4) is 0 Å². The quantitative estimate of drug-likeness (QED) is 0.208. The van der Waals surface area contributed by atoms with E-state index in [1.165, 1.54) is 39.8 Å². The molecule has 1 saturated carbocycles. The Morgan fingerprint density at radius 1 is 0.978 bits per heavy atom. The number of carbonyl (C=O) groups excluding carboxylic acids is 1. The Morgan fingerprint density at radius 3 is 2.33 bits per heavy atom. The summed E-state index contributed by atoms with van der Waals surface area (Å²) in [4.78, 5) is 25.0. The zero-order valence-corrected chi connectivity index (χ0v) is 26.2. The number of ether oxygens (including phenoxy) is 4. The van der Waals surface area contributed by atoms with E-state index in [0.717, 1.165) is 32.5 Å². The van der Waals surface area contributed by atoms with Crippen molar-refractivity contribution in [1.82, 2.24) is 19.8 Å². The van der Waals surface area contributed by atoms with Gasteiger partial charge in [-0.15, -0.1) is 0 Å². The lowest BCUT2D eigenvalue weighted by Gasteiger charge is -2.34. The topological polar surface area (TPSA) is 110 Å². The zero-order valence-electron chi connectivity index (χ0n) is 26.2. The summed E-state index contributed by atoms with van der Waals surface area (Å²) < 4.78 is 62.3. The number of carbonyl (C=O) groups is 1. The molecule has 2 heterocycles. The Bertz CT molecular complexity index is 1200. The summed E-state index contributed by atoms with van der Waals surface area (Å²) in [6, 6.07) is 4.86. The Hall–Kier alpha value is -3.20. The molecule has 14 heteroatoms. The number of alkyl halides is 3. The fraction of sp³-hybridized carbons (Fsp3) is 0.645. The largest absolute Gasteiger partial charge is 0.495 e. The summed E-state index contributed by atoms with van der Waals surface area (Å²) in [5.74, 6) is -0.194. The van der Waals surface area contributed by atoms with Gasteiger partial charge >= 0.3 is 6.18 Å². The van der Waals surface area contributed by atoms with Crippen LogP contribution in [0.1, 0.15) is 54.4 Å². The molecule has 45 heavy (non-hydrogen) atoms. The van der Waals surface area contributed by atoms with Crippen LogP contribution in [0.5, 0.6) is 5.75 Å². The molecule has 4 rings (SSSR count). The van der Waals surface area contributed by atoms with Crippen LogP contribution in [-0.2, 0) is 20.4 Å². The normalized spacial score (nSPS) is 16.8. The Balaban J connectivity index is 1.14. The Morgan fingerprint density at radius 2 is 1.67 bits per heavy atom. The van der Waals surface area contributed by atoms with E-state index < -0.39 is 11.7 Å². The van der Waals surface area contributed by atoms with Crippen LogP contribution >= 0.6 is 0 Å².